The van der Waals surface area contributed by atoms with Crippen molar-refractivity contribution in [2.75, 3.05) is 43.4 Å². The Balaban J connectivity index is 2.19. The molecule has 0 saturated carbocycles. The monoisotopic (exact) mass is 447 g/mol. The number of carbonyl (C=O) groups is 1. The van der Waals surface area contributed by atoms with E-state index < -0.39 is 26.0 Å². The largest absolute Gasteiger partial charge is 0.379 e. The summed E-state index contributed by atoms with van der Waals surface area (Å²) < 4.78 is 57.3. The van der Waals surface area contributed by atoms with Crippen LogP contribution in [0, 0.1) is 0 Å². The molecule has 9 nitrogen and oxygen atoms in total. The van der Waals surface area contributed by atoms with Gasteiger partial charge in [0.2, 0.25) is 26.0 Å². The van der Waals surface area contributed by atoms with Crippen LogP contribution in [0.15, 0.2) is 29.2 Å². The zero-order valence-corrected chi connectivity index (χ0v) is 18.6. The Hall–Kier alpha value is -1.69. The molecule has 1 saturated heterocycles. The number of hydrogen-bond acceptors (Lipinski definition) is 6. The van der Waals surface area contributed by atoms with E-state index in [1.54, 1.807) is 0 Å². The third-order valence-corrected chi connectivity index (χ3v) is 7.60. The van der Waals surface area contributed by atoms with Gasteiger partial charge in [0.25, 0.3) is 0 Å². The van der Waals surface area contributed by atoms with Gasteiger partial charge < -0.3 is 10.1 Å². The number of morpholine rings is 1. The van der Waals surface area contributed by atoms with E-state index in [9.17, 15) is 21.6 Å². The summed E-state index contributed by atoms with van der Waals surface area (Å²) >= 11 is 0. The summed E-state index contributed by atoms with van der Waals surface area (Å²) in [6.07, 6.45) is 2.70. The summed E-state index contributed by atoms with van der Waals surface area (Å²) in [5, 5.41) is 2.77. The lowest BCUT2D eigenvalue weighted by molar-refractivity contribution is -0.120. The van der Waals surface area contributed by atoms with Gasteiger partial charge in [-0.05, 0) is 37.6 Å². The molecule has 164 valence electrons. The minimum Gasteiger partial charge on any atom is -0.379 e. The first-order chi connectivity index (χ1) is 13.6. The molecule has 1 atom stereocenters. The van der Waals surface area contributed by atoms with Crippen LogP contribution in [-0.2, 0) is 29.6 Å². The fraction of sp³-hybridized carbons (Fsp3) is 0.611. The number of nitrogens with one attached hydrogen (secondary N) is 1. The van der Waals surface area contributed by atoms with Crippen molar-refractivity contribution in [2.45, 2.75) is 37.6 Å². The van der Waals surface area contributed by atoms with E-state index in [0.29, 0.717) is 13.2 Å². The molecule has 0 bridgehead atoms. The molecule has 1 heterocycles. The van der Waals surface area contributed by atoms with Crippen LogP contribution in [0.4, 0.5) is 5.69 Å². The molecular weight excluding hydrogens is 418 g/mol. The van der Waals surface area contributed by atoms with Gasteiger partial charge in [-0.1, -0.05) is 13.3 Å². The second kappa shape index (κ2) is 9.88. The van der Waals surface area contributed by atoms with Gasteiger partial charge in [-0.3, -0.25) is 9.10 Å². The lowest BCUT2D eigenvalue weighted by Crippen LogP contribution is -2.43. The number of ether oxygens (including phenoxy) is 1. The first kappa shape index (κ1) is 23.6. The Labute approximate surface area is 173 Å². The van der Waals surface area contributed by atoms with E-state index >= 15 is 0 Å². The Kier molecular flexibility index (Phi) is 8.03. The predicted molar refractivity (Wildman–Crippen MR) is 111 cm³/mol. The summed E-state index contributed by atoms with van der Waals surface area (Å²) in [6.45, 7) is 4.71. The lowest BCUT2D eigenvalue weighted by atomic mass is 10.2. The normalized spacial score (nSPS) is 16.9. The molecule has 1 unspecified atom stereocenters. The van der Waals surface area contributed by atoms with Crippen LogP contribution in [-0.4, -0.2) is 72.2 Å². The molecule has 1 fully saturated rings. The SMILES string of the molecule is CCCC(C)NC(=O)CN(c1ccc(S(=O)(=O)N2CCOCC2)cc1)S(C)(=O)=O. The van der Waals surface area contributed by atoms with Crippen LogP contribution in [0.3, 0.4) is 0 Å². The second-order valence-electron chi connectivity index (χ2n) is 7.04. The highest BCUT2D eigenvalue weighted by Crippen LogP contribution is 2.23. The lowest BCUT2D eigenvalue weighted by Gasteiger charge is -2.26. The van der Waals surface area contributed by atoms with E-state index in [4.69, 9.17) is 4.74 Å². The Morgan fingerprint density at radius 3 is 2.28 bits per heavy atom. The van der Waals surface area contributed by atoms with Gasteiger partial charge in [0.15, 0.2) is 0 Å². The average Bonchev–Trinajstić information content (AvgIpc) is 2.66. The van der Waals surface area contributed by atoms with Gasteiger partial charge in [0.1, 0.15) is 6.54 Å². The molecule has 29 heavy (non-hydrogen) atoms. The second-order valence-corrected chi connectivity index (χ2v) is 10.9. The minimum atomic E-state index is -3.73. The van der Waals surface area contributed by atoms with E-state index in [2.05, 4.69) is 5.32 Å². The van der Waals surface area contributed by atoms with E-state index in [0.717, 1.165) is 23.4 Å². The zero-order chi connectivity index (χ0) is 21.7. The fourth-order valence-electron chi connectivity index (χ4n) is 3.08. The maximum absolute atomic E-state index is 12.7. The summed E-state index contributed by atoms with van der Waals surface area (Å²) in [5.41, 5.74) is 0.228. The van der Waals surface area contributed by atoms with Crippen molar-refractivity contribution >= 4 is 31.6 Å². The minimum absolute atomic E-state index is 0.0602. The molecule has 1 aromatic rings. The summed E-state index contributed by atoms with van der Waals surface area (Å²) in [5.74, 6) is -0.415. The fourth-order valence-corrected chi connectivity index (χ4v) is 5.34. The number of rotatable bonds is 9. The highest BCUT2D eigenvalue weighted by atomic mass is 32.2. The predicted octanol–water partition coefficient (Wildman–Crippen LogP) is 0.778. The maximum atomic E-state index is 12.7. The number of hydrogen-bond donors (Lipinski definition) is 1. The van der Waals surface area contributed by atoms with Crippen molar-refractivity contribution in [3.05, 3.63) is 24.3 Å². The molecule has 11 heteroatoms. The highest BCUT2D eigenvalue weighted by Gasteiger charge is 2.27. The van der Waals surface area contributed by atoms with E-state index in [1.807, 2.05) is 13.8 Å². The number of benzene rings is 1. The average molecular weight is 448 g/mol. The molecule has 1 aliphatic rings. The third-order valence-electron chi connectivity index (χ3n) is 4.55. The number of sulfonamides is 2. The zero-order valence-electron chi connectivity index (χ0n) is 17.0. The van der Waals surface area contributed by atoms with Crippen LogP contribution in [0.2, 0.25) is 0 Å². The molecular formula is C18H29N3O6S2. The Morgan fingerprint density at radius 1 is 1.17 bits per heavy atom. The Bertz CT molecular complexity index is 894. The van der Waals surface area contributed by atoms with Gasteiger partial charge in [0.05, 0.1) is 30.1 Å². The Morgan fingerprint density at radius 2 is 1.76 bits per heavy atom. The summed E-state index contributed by atoms with van der Waals surface area (Å²) in [6, 6.07) is 5.45. The van der Waals surface area contributed by atoms with E-state index in [1.165, 1.54) is 28.6 Å². The molecule has 0 spiro atoms. The smallest absolute Gasteiger partial charge is 0.243 e. The number of nitrogens with zero attached hydrogens (tertiary/aromatic N) is 2. The van der Waals surface area contributed by atoms with Crippen LogP contribution >= 0.6 is 0 Å². The molecule has 0 aliphatic carbocycles. The number of carbonyl (C=O) groups excluding carboxylic acids is 1. The topological polar surface area (TPSA) is 113 Å². The van der Waals surface area contributed by atoms with Crippen molar-refractivity contribution in [1.29, 1.82) is 0 Å². The van der Waals surface area contributed by atoms with Crippen LogP contribution < -0.4 is 9.62 Å². The van der Waals surface area contributed by atoms with Crippen molar-refractivity contribution in [3.8, 4) is 0 Å². The molecule has 0 aromatic heterocycles. The van der Waals surface area contributed by atoms with Crippen molar-refractivity contribution < 1.29 is 26.4 Å². The van der Waals surface area contributed by atoms with Gasteiger partial charge >= 0.3 is 0 Å². The van der Waals surface area contributed by atoms with Crippen LogP contribution in [0.1, 0.15) is 26.7 Å². The molecule has 1 aliphatic heterocycles. The van der Waals surface area contributed by atoms with Crippen LogP contribution in [0.25, 0.3) is 0 Å². The van der Waals surface area contributed by atoms with Crippen molar-refractivity contribution in [1.82, 2.24) is 9.62 Å². The maximum Gasteiger partial charge on any atom is 0.243 e. The van der Waals surface area contributed by atoms with Gasteiger partial charge in [-0.2, -0.15) is 4.31 Å². The molecule has 0 radical (unpaired) electrons. The van der Waals surface area contributed by atoms with Gasteiger partial charge in [-0.25, -0.2) is 16.8 Å². The first-order valence-corrected chi connectivity index (χ1v) is 12.8. The highest BCUT2D eigenvalue weighted by molar-refractivity contribution is 7.92. The van der Waals surface area contributed by atoms with Crippen molar-refractivity contribution in [3.63, 3.8) is 0 Å². The third kappa shape index (κ3) is 6.39. The van der Waals surface area contributed by atoms with Gasteiger partial charge in [-0.15, -0.1) is 0 Å². The standard InChI is InChI=1S/C18H29N3O6S2/c1-4-5-15(2)19-18(22)14-21(28(3,23)24)16-6-8-17(9-7-16)29(25,26)20-10-12-27-13-11-20/h6-9,15H,4-5,10-14H2,1-3H3,(H,19,22). The number of amides is 1. The molecule has 2 rings (SSSR count). The van der Waals surface area contributed by atoms with Crippen molar-refractivity contribution in [2.24, 2.45) is 0 Å². The van der Waals surface area contributed by atoms with Crippen LogP contribution in [0.5, 0.6) is 0 Å². The number of anilines is 1. The summed E-state index contributed by atoms with van der Waals surface area (Å²) in [4.78, 5) is 12.3. The van der Waals surface area contributed by atoms with E-state index in [-0.39, 0.29) is 36.3 Å². The quantitative estimate of drug-likeness (QED) is 0.598. The van der Waals surface area contributed by atoms with Gasteiger partial charge in [0, 0.05) is 19.1 Å². The molecule has 1 amide bonds. The molecule has 1 aromatic carbocycles. The molecule has 1 N–H and O–H groups in total. The first-order valence-electron chi connectivity index (χ1n) is 9.50. The summed E-state index contributed by atoms with van der Waals surface area (Å²) in [7, 11) is -7.41.